The second kappa shape index (κ2) is 7.61. The molecule has 0 radical (unpaired) electrons. The van der Waals surface area contributed by atoms with Gasteiger partial charge in [0.15, 0.2) is 0 Å². The molecule has 0 aromatic heterocycles. The van der Waals surface area contributed by atoms with Crippen LogP contribution in [0.1, 0.15) is 45.5 Å². The molecule has 1 amide bonds. The Kier molecular flexibility index (Phi) is 5.26. The van der Waals surface area contributed by atoms with E-state index in [0.29, 0.717) is 5.69 Å². The SMILES string of the molecule is COC(=O)c1cc(NC(=O)C2(c3ccccc3)CCC2)cc(C(=O)OC)c1. The Morgan fingerprint density at radius 1 is 0.889 bits per heavy atom. The van der Waals surface area contributed by atoms with Gasteiger partial charge >= 0.3 is 11.9 Å². The van der Waals surface area contributed by atoms with E-state index < -0.39 is 17.4 Å². The predicted molar refractivity (Wildman–Crippen MR) is 99.7 cm³/mol. The van der Waals surface area contributed by atoms with Crippen molar-refractivity contribution in [2.75, 3.05) is 19.5 Å². The van der Waals surface area contributed by atoms with Crippen molar-refractivity contribution in [1.82, 2.24) is 0 Å². The predicted octanol–water partition coefficient (Wildman–Crippen LogP) is 3.32. The molecule has 0 unspecified atom stereocenters. The lowest BCUT2D eigenvalue weighted by atomic mass is 9.64. The number of amides is 1. The van der Waals surface area contributed by atoms with Crippen LogP contribution in [-0.2, 0) is 19.7 Å². The van der Waals surface area contributed by atoms with Gasteiger partial charge in [0.1, 0.15) is 0 Å². The number of hydrogen-bond donors (Lipinski definition) is 1. The number of esters is 2. The van der Waals surface area contributed by atoms with E-state index in [4.69, 9.17) is 9.47 Å². The topological polar surface area (TPSA) is 81.7 Å². The van der Waals surface area contributed by atoms with Gasteiger partial charge < -0.3 is 14.8 Å². The van der Waals surface area contributed by atoms with Crippen molar-refractivity contribution >= 4 is 23.5 Å². The molecular weight excluding hydrogens is 346 g/mol. The van der Waals surface area contributed by atoms with Crippen molar-refractivity contribution in [2.45, 2.75) is 24.7 Å². The lowest BCUT2D eigenvalue weighted by Gasteiger charge is -2.40. The Bertz CT molecular complexity index is 837. The van der Waals surface area contributed by atoms with Crippen LogP contribution >= 0.6 is 0 Å². The summed E-state index contributed by atoms with van der Waals surface area (Å²) in [6, 6.07) is 14.0. The molecule has 0 spiro atoms. The first-order valence-electron chi connectivity index (χ1n) is 8.69. The Balaban J connectivity index is 1.93. The highest BCUT2D eigenvalue weighted by atomic mass is 16.5. The van der Waals surface area contributed by atoms with E-state index in [1.165, 1.54) is 32.4 Å². The molecular formula is C21H21NO5. The largest absolute Gasteiger partial charge is 0.465 e. The van der Waals surface area contributed by atoms with Gasteiger partial charge in [-0.2, -0.15) is 0 Å². The number of benzene rings is 2. The lowest BCUT2D eigenvalue weighted by molar-refractivity contribution is -0.124. The smallest absolute Gasteiger partial charge is 0.337 e. The van der Waals surface area contributed by atoms with Crippen LogP contribution in [0, 0.1) is 0 Å². The summed E-state index contributed by atoms with van der Waals surface area (Å²) in [5.41, 5.74) is 1.06. The summed E-state index contributed by atoms with van der Waals surface area (Å²) >= 11 is 0. The van der Waals surface area contributed by atoms with E-state index in [1.807, 2.05) is 30.3 Å². The molecule has 0 heterocycles. The molecule has 0 bridgehead atoms. The molecule has 6 heteroatoms. The standard InChI is InChI=1S/C21H21NO5/c1-26-18(23)14-11-15(19(24)27-2)13-17(12-14)22-20(25)21(9-6-10-21)16-7-4-3-5-8-16/h3-5,7-8,11-13H,6,9-10H2,1-2H3,(H,22,25). The number of nitrogens with one attached hydrogen (secondary N) is 1. The maximum Gasteiger partial charge on any atom is 0.337 e. The molecule has 1 saturated carbocycles. The molecule has 1 fully saturated rings. The summed E-state index contributed by atoms with van der Waals surface area (Å²) in [5.74, 6) is -1.35. The highest BCUT2D eigenvalue weighted by Crippen LogP contribution is 2.44. The Morgan fingerprint density at radius 2 is 1.44 bits per heavy atom. The molecule has 2 aromatic carbocycles. The van der Waals surface area contributed by atoms with Gasteiger partial charge in [0, 0.05) is 5.69 Å². The van der Waals surface area contributed by atoms with Crippen molar-refractivity contribution in [3.8, 4) is 0 Å². The maximum atomic E-state index is 13.1. The fourth-order valence-electron chi connectivity index (χ4n) is 3.36. The minimum absolute atomic E-state index is 0.155. The third kappa shape index (κ3) is 3.56. The fourth-order valence-corrected chi connectivity index (χ4v) is 3.36. The monoisotopic (exact) mass is 367 g/mol. The highest BCUT2D eigenvalue weighted by molar-refractivity contribution is 6.03. The number of carbonyl (C=O) groups excluding carboxylic acids is 3. The average Bonchev–Trinajstić information content (AvgIpc) is 2.66. The van der Waals surface area contributed by atoms with Crippen LogP contribution in [0.25, 0.3) is 0 Å². The fraction of sp³-hybridized carbons (Fsp3) is 0.286. The average molecular weight is 367 g/mol. The molecule has 1 aliphatic carbocycles. The normalized spacial score (nSPS) is 14.6. The number of carbonyl (C=O) groups is 3. The lowest BCUT2D eigenvalue weighted by Crippen LogP contribution is -2.46. The second-order valence-corrected chi connectivity index (χ2v) is 6.54. The van der Waals surface area contributed by atoms with E-state index in [1.54, 1.807) is 0 Å². The van der Waals surface area contributed by atoms with E-state index in [9.17, 15) is 14.4 Å². The number of hydrogen-bond acceptors (Lipinski definition) is 5. The molecule has 0 atom stereocenters. The zero-order valence-corrected chi connectivity index (χ0v) is 15.3. The Morgan fingerprint density at radius 3 is 1.89 bits per heavy atom. The zero-order chi connectivity index (χ0) is 19.4. The summed E-state index contributed by atoms with van der Waals surface area (Å²) in [4.78, 5) is 36.9. The number of anilines is 1. The summed E-state index contributed by atoms with van der Waals surface area (Å²) in [5, 5.41) is 2.87. The highest BCUT2D eigenvalue weighted by Gasteiger charge is 2.45. The molecule has 27 heavy (non-hydrogen) atoms. The van der Waals surface area contributed by atoms with Gasteiger partial charge in [-0.15, -0.1) is 0 Å². The molecule has 0 aliphatic heterocycles. The second-order valence-electron chi connectivity index (χ2n) is 6.54. The first kappa shape index (κ1) is 18.6. The first-order valence-corrected chi connectivity index (χ1v) is 8.69. The van der Waals surface area contributed by atoms with Crippen molar-refractivity contribution in [1.29, 1.82) is 0 Å². The van der Waals surface area contributed by atoms with Crippen LogP contribution in [0.15, 0.2) is 48.5 Å². The molecule has 1 N–H and O–H groups in total. The van der Waals surface area contributed by atoms with Crippen molar-refractivity contribution in [3.05, 3.63) is 65.2 Å². The van der Waals surface area contributed by atoms with Crippen LogP contribution in [-0.4, -0.2) is 32.1 Å². The van der Waals surface area contributed by atoms with Gasteiger partial charge in [-0.05, 0) is 36.6 Å². The Hall–Kier alpha value is -3.15. The van der Waals surface area contributed by atoms with Gasteiger partial charge in [0.05, 0.1) is 30.8 Å². The molecule has 0 saturated heterocycles. The van der Waals surface area contributed by atoms with E-state index in [0.717, 1.165) is 24.8 Å². The summed E-state index contributed by atoms with van der Waals surface area (Å²) in [7, 11) is 2.51. The molecule has 140 valence electrons. The van der Waals surface area contributed by atoms with Crippen LogP contribution in [0.4, 0.5) is 5.69 Å². The van der Waals surface area contributed by atoms with Gasteiger partial charge in [-0.25, -0.2) is 9.59 Å². The molecule has 2 aromatic rings. The van der Waals surface area contributed by atoms with Crippen molar-refractivity contribution < 1.29 is 23.9 Å². The van der Waals surface area contributed by atoms with Crippen LogP contribution in [0.5, 0.6) is 0 Å². The van der Waals surface area contributed by atoms with E-state index in [-0.39, 0.29) is 17.0 Å². The minimum Gasteiger partial charge on any atom is -0.465 e. The summed E-state index contributed by atoms with van der Waals surface area (Å²) < 4.78 is 9.46. The molecule has 1 aliphatic rings. The van der Waals surface area contributed by atoms with Gasteiger partial charge in [-0.1, -0.05) is 36.8 Å². The molecule has 3 rings (SSSR count). The summed E-state index contributed by atoms with van der Waals surface area (Å²) in [6.45, 7) is 0. The van der Waals surface area contributed by atoms with Gasteiger partial charge in [0.25, 0.3) is 0 Å². The van der Waals surface area contributed by atoms with E-state index >= 15 is 0 Å². The third-order valence-electron chi connectivity index (χ3n) is 5.00. The van der Waals surface area contributed by atoms with Crippen molar-refractivity contribution in [2.24, 2.45) is 0 Å². The minimum atomic E-state index is -0.599. The summed E-state index contributed by atoms with van der Waals surface area (Å²) in [6.07, 6.45) is 2.48. The number of methoxy groups -OCH3 is 2. The van der Waals surface area contributed by atoms with E-state index in [2.05, 4.69) is 5.32 Å². The zero-order valence-electron chi connectivity index (χ0n) is 15.3. The van der Waals surface area contributed by atoms with Crippen LogP contribution in [0.3, 0.4) is 0 Å². The molecule has 6 nitrogen and oxygen atoms in total. The van der Waals surface area contributed by atoms with Gasteiger partial charge in [0.2, 0.25) is 5.91 Å². The van der Waals surface area contributed by atoms with Crippen molar-refractivity contribution in [3.63, 3.8) is 0 Å². The maximum absolute atomic E-state index is 13.1. The first-order chi connectivity index (χ1) is 13.0. The van der Waals surface area contributed by atoms with Gasteiger partial charge in [-0.3, -0.25) is 4.79 Å². The quantitative estimate of drug-likeness (QED) is 0.820. The van der Waals surface area contributed by atoms with Crippen LogP contribution in [0.2, 0.25) is 0 Å². The third-order valence-corrected chi connectivity index (χ3v) is 5.00. The van der Waals surface area contributed by atoms with Crippen LogP contribution < -0.4 is 5.32 Å². The number of rotatable bonds is 5. The number of ether oxygens (including phenoxy) is 2. The Labute approximate surface area is 157 Å².